The van der Waals surface area contributed by atoms with Crippen LogP contribution in [-0.4, -0.2) is 25.2 Å². The van der Waals surface area contributed by atoms with E-state index < -0.39 is 6.09 Å². The van der Waals surface area contributed by atoms with Gasteiger partial charge in [-0.1, -0.05) is 30.3 Å². The molecule has 2 amide bonds. The molecule has 2 rings (SSSR count). The predicted molar refractivity (Wildman–Crippen MR) is 90.9 cm³/mol. The normalized spacial score (nSPS) is 9.88. The summed E-state index contributed by atoms with van der Waals surface area (Å²) in [6.45, 7) is 2.34. The highest BCUT2D eigenvalue weighted by molar-refractivity contribution is 5.88. The number of amides is 2. The second-order valence-corrected chi connectivity index (χ2v) is 5.04. The van der Waals surface area contributed by atoms with Crippen LogP contribution in [0.2, 0.25) is 0 Å². The molecule has 0 saturated carbocycles. The standard InChI is InChI=1S/C18H20N2O4/c1-14(21)20-16-7-9-17(10-8-16)23-12-11-19-18(22)24-13-15-5-3-2-4-6-15/h2-10H,11-13H2,1H3,(H,19,22)(H,20,21). The van der Waals surface area contributed by atoms with Crippen LogP contribution in [0.3, 0.4) is 0 Å². The van der Waals surface area contributed by atoms with E-state index in [9.17, 15) is 9.59 Å². The fourth-order valence-electron chi connectivity index (χ4n) is 1.93. The maximum Gasteiger partial charge on any atom is 0.407 e. The van der Waals surface area contributed by atoms with Crippen molar-refractivity contribution in [3.63, 3.8) is 0 Å². The fraction of sp³-hybridized carbons (Fsp3) is 0.222. The molecule has 24 heavy (non-hydrogen) atoms. The van der Waals surface area contributed by atoms with Gasteiger partial charge in [-0.25, -0.2) is 4.79 Å². The summed E-state index contributed by atoms with van der Waals surface area (Å²) in [6, 6.07) is 16.5. The second kappa shape index (κ2) is 9.19. The Morgan fingerprint density at radius 3 is 2.38 bits per heavy atom. The first kappa shape index (κ1) is 17.3. The lowest BCUT2D eigenvalue weighted by atomic mass is 10.2. The third kappa shape index (κ3) is 6.39. The molecule has 0 aliphatic rings. The van der Waals surface area contributed by atoms with Crippen molar-refractivity contribution in [2.75, 3.05) is 18.5 Å². The van der Waals surface area contributed by atoms with Gasteiger partial charge in [-0.05, 0) is 29.8 Å². The van der Waals surface area contributed by atoms with Crippen LogP contribution < -0.4 is 15.4 Å². The number of benzene rings is 2. The molecule has 0 spiro atoms. The van der Waals surface area contributed by atoms with E-state index in [4.69, 9.17) is 9.47 Å². The van der Waals surface area contributed by atoms with E-state index in [1.54, 1.807) is 24.3 Å². The zero-order valence-electron chi connectivity index (χ0n) is 13.5. The van der Waals surface area contributed by atoms with E-state index in [-0.39, 0.29) is 12.5 Å². The number of rotatable bonds is 7. The van der Waals surface area contributed by atoms with Gasteiger partial charge in [0.1, 0.15) is 19.0 Å². The van der Waals surface area contributed by atoms with Gasteiger partial charge < -0.3 is 20.1 Å². The summed E-state index contributed by atoms with van der Waals surface area (Å²) in [5.74, 6) is 0.533. The number of ether oxygens (including phenoxy) is 2. The van der Waals surface area contributed by atoms with Gasteiger partial charge in [0.15, 0.2) is 0 Å². The van der Waals surface area contributed by atoms with E-state index in [2.05, 4.69) is 10.6 Å². The molecule has 0 aliphatic heterocycles. The molecule has 0 unspecified atom stereocenters. The molecule has 0 atom stereocenters. The number of nitrogens with one attached hydrogen (secondary N) is 2. The molecule has 0 aromatic heterocycles. The Hall–Kier alpha value is -3.02. The van der Waals surface area contributed by atoms with Crippen LogP contribution >= 0.6 is 0 Å². The molecule has 2 N–H and O–H groups in total. The van der Waals surface area contributed by atoms with Gasteiger partial charge in [-0.2, -0.15) is 0 Å². The van der Waals surface area contributed by atoms with Crippen LogP contribution in [0.15, 0.2) is 54.6 Å². The third-order valence-electron chi connectivity index (χ3n) is 3.03. The van der Waals surface area contributed by atoms with Gasteiger partial charge in [0.2, 0.25) is 5.91 Å². The highest BCUT2D eigenvalue weighted by Crippen LogP contribution is 2.15. The first-order valence-corrected chi connectivity index (χ1v) is 7.58. The quantitative estimate of drug-likeness (QED) is 0.766. The first-order chi connectivity index (χ1) is 11.6. The average Bonchev–Trinajstić information content (AvgIpc) is 2.59. The molecule has 0 heterocycles. The molecule has 0 fully saturated rings. The lowest BCUT2D eigenvalue weighted by Gasteiger charge is -2.09. The molecule has 6 nitrogen and oxygen atoms in total. The minimum Gasteiger partial charge on any atom is -0.492 e. The molecule has 126 valence electrons. The number of alkyl carbamates (subject to hydrolysis) is 1. The minimum absolute atomic E-state index is 0.123. The van der Waals surface area contributed by atoms with Crippen LogP contribution in [0.1, 0.15) is 12.5 Å². The smallest absolute Gasteiger partial charge is 0.407 e. The van der Waals surface area contributed by atoms with E-state index in [1.165, 1.54) is 6.92 Å². The monoisotopic (exact) mass is 328 g/mol. The summed E-state index contributed by atoms with van der Waals surface area (Å²) in [5.41, 5.74) is 1.64. The largest absolute Gasteiger partial charge is 0.492 e. The number of carbonyl (C=O) groups excluding carboxylic acids is 2. The van der Waals surface area contributed by atoms with Gasteiger partial charge in [-0.3, -0.25) is 4.79 Å². The van der Waals surface area contributed by atoms with Gasteiger partial charge in [0, 0.05) is 12.6 Å². The van der Waals surface area contributed by atoms with Crippen molar-refractivity contribution in [1.82, 2.24) is 5.32 Å². The van der Waals surface area contributed by atoms with Crippen molar-refractivity contribution in [2.24, 2.45) is 0 Å². The summed E-state index contributed by atoms with van der Waals surface area (Å²) in [4.78, 5) is 22.5. The van der Waals surface area contributed by atoms with Gasteiger partial charge in [0.05, 0.1) is 6.54 Å². The summed E-state index contributed by atoms with van der Waals surface area (Å²) in [5, 5.41) is 5.29. The zero-order chi connectivity index (χ0) is 17.2. The molecule has 0 aliphatic carbocycles. The van der Waals surface area contributed by atoms with Gasteiger partial charge in [0.25, 0.3) is 0 Å². The Morgan fingerprint density at radius 1 is 1.00 bits per heavy atom. The topological polar surface area (TPSA) is 76.7 Å². The number of anilines is 1. The third-order valence-corrected chi connectivity index (χ3v) is 3.03. The Kier molecular flexibility index (Phi) is 6.64. The molecular formula is C18H20N2O4. The summed E-state index contributed by atoms with van der Waals surface area (Å²) in [7, 11) is 0. The Labute approximate surface area is 140 Å². The van der Waals surface area contributed by atoms with Crippen molar-refractivity contribution >= 4 is 17.7 Å². The highest BCUT2D eigenvalue weighted by atomic mass is 16.5. The van der Waals surface area contributed by atoms with Crippen molar-refractivity contribution < 1.29 is 19.1 Å². The summed E-state index contributed by atoms with van der Waals surface area (Å²) in [6.07, 6.45) is -0.483. The molecule has 0 saturated heterocycles. The van der Waals surface area contributed by atoms with Crippen molar-refractivity contribution in [1.29, 1.82) is 0 Å². The van der Waals surface area contributed by atoms with E-state index in [1.807, 2.05) is 30.3 Å². The Bertz CT molecular complexity index is 656. The molecule has 6 heteroatoms. The van der Waals surface area contributed by atoms with E-state index in [0.717, 1.165) is 5.56 Å². The number of hydrogen-bond acceptors (Lipinski definition) is 4. The van der Waals surface area contributed by atoms with Crippen molar-refractivity contribution in [3.05, 3.63) is 60.2 Å². The van der Waals surface area contributed by atoms with Gasteiger partial charge in [-0.15, -0.1) is 0 Å². The SMILES string of the molecule is CC(=O)Nc1ccc(OCCNC(=O)OCc2ccccc2)cc1. The second-order valence-electron chi connectivity index (χ2n) is 5.04. The predicted octanol–water partition coefficient (Wildman–Crippen LogP) is 2.95. The summed E-state index contributed by atoms with van der Waals surface area (Å²) < 4.78 is 10.6. The Balaban J connectivity index is 1.62. The lowest BCUT2D eigenvalue weighted by molar-refractivity contribution is -0.114. The molecular weight excluding hydrogens is 308 g/mol. The van der Waals surface area contributed by atoms with Crippen LogP contribution in [-0.2, 0) is 16.1 Å². The van der Waals surface area contributed by atoms with Crippen molar-refractivity contribution in [2.45, 2.75) is 13.5 Å². The van der Waals surface area contributed by atoms with Gasteiger partial charge >= 0.3 is 6.09 Å². The first-order valence-electron chi connectivity index (χ1n) is 7.58. The van der Waals surface area contributed by atoms with Crippen LogP contribution in [0.5, 0.6) is 5.75 Å². The number of carbonyl (C=O) groups is 2. The zero-order valence-corrected chi connectivity index (χ0v) is 13.5. The Morgan fingerprint density at radius 2 is 1.71 bits per heavy atom. The number of hydrogen-bond donors (Lipinski definition) is 2. The van der Waals surface area contributed by atoms with Crippen molar-refractivity contribution in [3.8, 4) is 5.75 Å². The molecule has 0 bridgehead atoms. The minimum atomic E-state index is -0.483. The molecule has 0 radical (unpaired) electrons. The molecule has 2 aromatic rings. The maximum atomic E-state index is 11.5. The maximum absolute atomic E-state index is 11.5. The van der Waals surface area contributed by atoms with E-state index in [0.29, 0.717) is 24.6 Å². The van der Waals surface area contributed by atoms with E-state index >= 15 is 0 Å². The lowest BCUT2D eigenvalue weighted by Crippen LogP contribution is -2.28. The fourth-order valence-corrected chi connectivity index (χ4v) is 1.93. The highest BCUT2D eigenvalue weighted by Gasteiger charge is 2.02. The average molecular weight is 328 g/mol. The molecule has 2 aromatic carbocycles. The van der Waals surface area contributed by atoms with Crippen LogP contribution in [0, 0.1) is 0 Å². The van der Waals surface area contributed by atoms with Crippen LogP contribution in [0.4, 0.5) is 10.5 Å². The van der Waals surface area contributed by atoms with Crippen LogP contribution in [0.25, 0.3) is 0 Å². The summed E-state index contributed by atoms with van der Waals surface area (Å²) >= 11 is 0.